The van der Waals surface area contributed by atoms with Crippen LogP contribution in [0.1, 0.15) is 60.3 Å². The number of epoxide rings is 1. The van der Waals surface area contributed by atoms with Gasteiger partial charge in [0.05, 0.1) is 19.8 Å². The Balaban J connectivity index is -0.000000419. The topological polar surface area (TPSA) is 335 Å². The predicted molar refractivity (Wildman–Crippen MR) is 298 cm³/mol. The van der Waals surface area contributed by atoms with Crippen LogP contribution in [0.5, 0.6) is 0 Å². The van der Waals surface area contributed by atoms with Crippen LogP contribution in [0.25, 0.3) is 0 Å². The molecular formula is C44H104N6O21Si5. The molecule has 2 unspecified atom stereocenters. The van der Waals surface area contributed by atoms with Gasteiger partial charge in [-0.1, -0.05) is 6.58 Å². The average molecular weight is 1190 g/mol. The lowest BCUT2D eigenvalue weighted by Crippen LogP contribution is -2.50. The fourth-order valence-electron chi connectivity index (χ4n) is 6.02. The van der Waals surface area contributed by atoms with Gasteiger partial charge in [0.1, 0.15) is 6.10 Å². The van der Waals surface area contributed by atoms with Gasteiger partial charge in [0.2, 0.25) is 0 Å². The van der Waals surface area contributed by atoms with E-state index in [0.717, 1.165) is 44.5 Å². The number of hydrogen-bond acceptors (Lipinski definition) is 23. The summed E-state index contributed by atoms with van der Waals surface area (Å²) in [6.07, 6.45) is 3.30. The first-order valence-electron chi connectivity index (χ1n) is 25.1. The molecule has 0 aromatic carbocycles. The second kappa shape index (κ2) is 51.2. The number of amides is 4. The molecule has 27 nitrogen and oxygen atoms in total. The summed E-state index contributed by atoms with van der Waals surface area (Å²) in [5.41, 5.74) is 15.8. The number of carbonyl (C=O) groups is 3. The average Bonchev–Trinajstić information content (AvgIpc) is 4.23. The van der Waals surface area contributed by atoms with E-state index >= 15 is 0 Å². The number of urea groups is 2. The first-order chi connectivity index (χ1) is 36.1. The Kier molecular flexibility index (Phi) is 54.3. The van der Waals surface area contributed by atoms with Crippen molar-refractivity contribution in [1.82, 2.24) is 16.0 Å². The van der Waals surface area contributed by atoms with Gasteiger partial charge in [-0.25, -0.2) is 14.4 Å². The summed E-state index contributed by atoms with van der Waals surface area (Å²) in [7, 11) is 7.29. The summed E-state index contributed by atoms with van der Waals surface area (Å²) < 4.78 is 93.8. The maximum Gasteiger partial charge on any atom is 0.500 e. The number of esters is 1. The van der Waals surface area contributed by atoms with Gasteiger partial charge in [0.15, 0.2) is 0 Å². The molecule has 32 heteroatoms. The van der Waals surface area contributed by atoms with E-state index in [0.29, 0.717) is 101 Å². The van der Waals surface area contributed by atoms with Crippen LogP contribution < -0.4 is 33.2 Å². The summed E-state index contributed by atoms with van der Waals surface area (Å²) in [4.78, 5) is 32.0. The molecular weight excluding hydrogens is 1090 g/mol. The van der Waals surface area contributed by atoms with Crippen LogP contribution in [-0.2, 0) is 85.4 Å². The Morgan fingerprint density at radius 3 is 1.20 bits per heavy atom. The number of nitrogens with two attached hydrogens (primary N) is 3. The standard InChI is InChI=1S/C10H24N2O4Si.C10H20O5Si.C9H20O5Si.C7H18N2O4Si.C5H12N2.C3H10O3Si/c1-4-14-17(15-5-2,16-6-3)9-7-8-12-10(11)13;1-9(2)10(11)15-7-6-8-16(12-3,13-4)14-5;1-10-15(11-2,12-3)6-4-5-13-7-9-8-14-9;1-11-14(12-2,13-3)6-4-5-9-7(8)10;1-4(6)5-2-7-3-5;1-4-7(5-2)6-3/h4-9H2,1-3H3,(H3,11,12,13);1,6-8H2,2-5H3;9H,4-8H2,1-3H3;4-6H2,1-3H3,(H3,8,9,10);4-5,7H,2-3,6H2,1H3;7H,1-3H3. The second-order valence-electron chi connectivity index (χ2n) is 16.1. The van der Waals surface area contributed by atoms with Crippen LogP contribution in [0.2, 0.25) is 24.2 Å². The molecule has 0 aromatic heterocycles. The van der Waals surface area contributed by atoms with Crippen molar-refractivity contribution in [2.24, 2.45) is 23.1 Å². The van der Waals surface area contributed by atoms with Gasteiger partial charge >= 0.3 is 62.8 Å². The van der Waals surface area contributed by atoms with Crippen molar-refractivity contribution < 1.29 is 95.0 Å². The normalized spacial score (nSPS) is 14.5. The molecule has 0 saturated carbocycles. The zero-order valence-corrected chi connectivity index (χ0v) is 54.4. The van der Waals surface area contributed by atoms with Gasteiger partial charge in [-0.3, -0.25) is 0 Å². The number of nitrogens with one attached hydrogen (secondary N) is 3. The van der Waals surface area contributed by atoms with E-state index in [1.54, 1.807) is 92.2 Å². The van der Waals surface area contributed by atoms with Crippen molar-refractivity contribution in [1.29, 1.82) is 0 Å². The minimum atomic E-state index is -2.56. The van der Waals surface area contributed by atoms with Crippen molar-refractivity contribution >= 4 is 62.8 Å². The van der Waals surface area contributed by atoms with Gasteiger partial charge in [-0.05, 0) is 66.2 Å². The number of ether oxygens (including phenoxy) is 3. The van der Waals surface area contributed by atoms with Crippen LogP contribution in [-0.4, -0.2) is 233 Å². The van der Waals surface area contributed by atoms with E-state index in [2.05, 4.69) is 29.5 Å². The first-order valence-corrected chi connectivity index (χ1v) is 34.3. The van der Waals surface area contributed by atoms with Gasteiger partial charge in [0, 0.05) is 174 Å². The van der Waals surface area contributed by atoms with Crippen LogP contribution in [0.15, 0.2) is 12.2 Å². The maximum absolute atomic E-state index is 11.1. The maximum atomic E-state index is 11.1. The third kappa shape index (κ3) is 42.0. The summed E-state index contributed by atoms with van der Waals surface area (Å²) in [6.45, 7) is 20.4. The Hall–Kier alpha value is -1.93. The molecule has 2 saturated heterocycles. The van der Waals surface area contributed by atoms with E-state index in [1.165, 1.54) is 0 Å². The SMILES string of the molecule is C=C(C)C(=O)OCCC[Si](OC)(OC)OC.CC(N)C1CNC1.CCO[Si](CCCNC(N)=O)(OCC)OCC.CO[SiH](OC)OC.CO[Si](CCCNC(N)=O)(OC)OC.CO[Si](CCCOCC1CO1)(OC)OC. The van der Waals surface area contributed by atoms with Crippen molar-refractivity contribution in [3.63, 3.8) is 0 Å². The highest BCUT2D eigenvalue weighted by molar-refractivity contribution is 6.61. The molecule has 0 radical (unpaired) electrons. The largest absolute Gasteiger partial charge is 0.500 e. The Morgan fingerprint density at radius 1 is 0.618 bits per heavy atom. The molecule has 2 aliphatic heterocycles. The van der Waals surface area contributed by atoms with E-state index in [4.69, 9.17) is 97.8 Å². The van der Waals surface area contributed by atoms with Gasteiger partial charge in [0.25, 0.3) is 0 Å². The highest BCUT2D eigenvalue weighted by Gasteiger charge is 2.40. The van der Waals surface area contributed by atoms with Crippen LogP contribution in [0, 0.1) is 5.92 Å². The van der Waals surface area contributed by atoms with Crippen molar-refractivity contribution in [3.8, 4) is 0 Å². The molecule has 2 fully saturated rings. The quantitative estimate of drug-likeness (QED) is 0.0170. The van der Waals surface area contributed by atoms with E-state index < -0.39 is 56.8 Å². The summed E-state index contributed by atoms with van der Waals surface area (Å²) in [5, 5.41) is 8.19. The Labute approximate surface area is 461 Å². The molecule has 2 aliphatic rings. The molecule has 0 spiro atoms. The molecule has 76 heavy (non-hydrogen) atoms. The molecule has 0 aliphatic carbocycles. The lowest BCUT2D eigenvalue weighted by Gasteiger charge is -2.30. The summed E-state index contributed by atoms with van der Waals surface area (Å²) >= 11 is 0. The summed E-state index contributed by atoms with van der Waals surface area (Å²) in [5.74, 6) is 0.375. The van der Waals surface area contributed by atoms with Crippen LogP contribution >= 0.6 is 0 Å². The highest BCUT2D eigenvalue weighted by Crippen LogP contribution is 2.19. The Bertz CT molecular complexity index is 1340. The monoisotopic (exact) mass is 1190 g/mol. The molecule has 0 aromatic rings. The first kappa shape index (κ1) is 80.6. The van der Waals surface area contributed by atoms with Crippen molar-refractivity contribution in [3.05, 3.63) is 12.2 Å². The van der Waals surface area contributed by atoms with Crippen molar-refractivity contribution in [2.45, 2.75) is 96.6 Å². The molecule has 2 heterocycles. The smallest absolute Gasteiger partial charge is 0.462 e. The zero-order valence-electron chi connectivity index (χ0n) is 49.3. The molecule has 456 valence electrons. The lowest BCUT2D eigenvalue weighted by molar-refractivity contribution is -0.139. The van der Waals surface area contributed by atoms with Crippen molar-refractivity contribution in [2.75, 3.05) is 158 Å². The minimum Gasteiger partial charge on any atom is -0.462 e. The number of hydrogen-bond donors (Lipinski definition) is 6. The Morgan fingerprint density at radius 2 is 0.961 bits per heavy atom. The molecule has 2 rings (SSSR count). The number of rotatable bonds is 38. The molecule has 2 atom stereocenters. The van der Waals surface area contributed by atoms with Crippen LogP contribution in [0.3, 0.4) is 0 Å². The van der Waals surface area contributed by atoms with Gasteiger partial charge in [-0.15, -0.1) is 0 Å². The third-order valence-corrected chi connectivity index (χ3v) is 23.4. The third-order valence-electron chi connectivity index (χ3n) is 10.6. The van der Waals surface area contributed by atoms with E-state index in [-0.39, 0.29) is 5.97 Å². The second-order valence-corrected chi connectivity index (χ2v) is 30.1. The lowest BCUT2D eigenvalue weighted by atomic mass is 9.96. The summed E-state index contributed by atoms with van der Waals surface area (Å²) in [6, 6.07) is 2.08. The molecule has 0 bridgehead atoms. The number of primary amides is 2. The number of carbonyl (C=O) groups excluding carboxylic acids is 3. The van der Waals surface area contributed by atoms with E-state index in [9.17, 15) is 14.4 Å². The molecule has 4 amide bonds. The fraction of sp³-hybridized carbons (Fsp3) is 0.886. The van der Waals surface area contributed by atoms with Gasteiger partial charge < -0.3 is 114 Å². The van der Waals surface area contributed by atoms with E-state index in [1.807, 2.05) is 20.8 Å². The zero-order chi connectivity index (χ0) is 58.9. The van der Waals surface area contributed by atoms with Crippen LogP contribution in [0.4, 0.5) is 9.59 Å². The fourth-order valence-corrected chi connectivity index (χ4v) is 14.3. The minimum absolute atomic E-state index is 0.316. The van der Waals surface area contributed by atoms with Gasteiger partial charge in [-0.2, -0.15) is 0 Å². The predicted octanol–water partition coefficient (Wildman–Crippen LogP) is 2.26. The molecule has 9 N–H and O–H groups in total. The highest BCUT2D eigenvalue weighted by atomic mass is 28.4.